The number of esters is 4. The summed E-state index contributed by atoms with van der Waals surface area (Å²) in [6, 6.07) is 0. The summed E-state index contributed by atoms with van der Waals surface area (Å²) >= 11 is 0. The summed E-state index contributed by atoms with van der Waals surface area (Å²) in [5, 5.41) is 0. The molecule has 118 valence electrons. The van der Waals surface area contributed by atoms with Crippen LogP contribution < -0.4 is 0 Å². The molecule has 0 heterocycles. The van der Waals surface area contributed by atoms with Crippen molar-refractivity contribution in [2.24, 2.45) is 0 Å². The number of methoxy groups -OCH3 is 1. The van der Waals surface area contributed by atoms with Gasteiger partial charge in [-0.1, -0.05) is 0 Å². The van der Waals surface area contributed by atoms with E-state index in [0.717, 1.165) is 27.9 Å². The third kappa shape index (κ3) is 7.04. The van der Waals surface area contributed by atoms with Crippen LogP contribution in [0.3, 0.4) is 0 Å². The Labute approximate surface area is 120 Å². The summed E-state index contributed by atoms with van der Waals surface area (Å²) < 4.78 is 18.2. The quantitative estimate of drug-likeness (QED) is 0.437. The van der Waals surface area contributed by atoms with Crippen LogP contribution in [0, 0.1) is 0 Å². The summed E-state index contributed by atoms with van der Waals surface area (Å²) in [6.07, 6.45) is -3.54. The van der Waals surface area contributed by atoms with Crippen molar-refractivity contribution in [1.82, 2.24) is 0 Å². The predicted molar refractivity (Wildman–Crippen MR) is 64.8 cm³/mol. The second kappa shape index (κ2) is 8.67. The minimum absolute atomic E-state index is 0.743. The van der Waals surface area contributed by atoms with Gasteiger partial charge in [0.2, 0.25) is 18.0 Å². The van der Waals surface area contributed by atoms with Gasteiger partial charge in [-0.3, -0.25) is 19.2 Å². The molecule has 0 aliphatic heterocycles. The molecule has 9 nitrogen and oxygen atoms in total. The molecule has 0 unspecified atom stereocenters. The lowest BCUT2D eigenvalue weighted by atomic mass is 10.1. The van der Waals surface area contributed by atoms with E-state index < -0.39 is 48.5 Å². The van der Waals surface area contributed by atoms with Crippen LogP contribution in [0.15, 0.2) is 0 Å². The van der Waals surface area contributed by atoms with Crippen LogP contribution in [0.25, 0.3) is 0 Å². The Morgan fingerprint density at radius 2 is 1.29 bits per heavy atom. The van der Waals surface area contributed by atoms with Gasteiger partial charge in [0.05, 0.1) is 7.11 Å². The first-order valence-electron chi connectivity index (χ1n) is 5.77. The Bertz CT molecular complexity index is 440. The molecule has 0 amide bonds. The van der Waals surface area contributed by atoms with Gasteiger partial charge in [-0.05, 0) is 0 Å². The standard InChI is InChI=1S/C12H16O9/c1-6(13)19-5-9(16)10(20-7(2)14)11(12(17)18-4)21-8(3)15/h10-11H,5H2,1-4H3/t10-,11+/m0/s1. The Morgan fingerprint density at radius 1 is 0.810 bits per heavy atom. The van der Waals surface area contributed by atoms with Crippen molar-refractivity contribution < 1.29 is 42.9 Å². The largest absolute Gasteiger partial charge is 0.466 e. The van der Waals surface area contributed by atoms with Gasteiger partial charge >= 0.3 is 23.9 Å². The summed E-state index contributed by atoms with van der Waals surface area (Å²) in [6.45, 7) is 2.31. The first-order chi connectivity index (χ1) is 9.68. The van der Waals surface area contributed by atoms with Gasteiger partial charge in [0.1, 0.15) is 0 Å². The van der Waals surface area contributed by atoms with E-state index in [4.69, 9.17) is 0 Å². The highest BCUT2D eigenvalue weighted by Gasteiger charge is 2.40. The minimum atomic E-state index is -1.78. The molecule has 2 atom stereocenters. The molecule has 0 aliphatic carbocycles. The van der Waals surface area contributed by atoms with Crippen LogP contribution in [0.2, 0.25) is 0 Å². The fourth-order valence-corrected chi connectivity index (χ4v) is 1.26. The molecule has 0 rings (SSSR count). The number of rotatable bonds is 7. The zero-order valence-electron chi connectivity index (χ0n) is 12.0. The van der Waals surface area contributed by atoms with E-state index in [1.165, 1.54) is 0 Å². The highest BCUT2D eigenvalue weighted by Crippen LogP contribution is 2.10. The van der Waals surface area contributed by atoms with Crippen LogP contribution >= 0.6 is 0 Å². The van der Waals surface area contributed by atoms with E-state index in [2.05, 4.69) is 18.9 Å². The molecule has 0 saturated heterocycles. The lowest BCUT2D eigenvalue weighted by molar-refractivity contribution is -0.182. The van der Waals surface area contributed by atoms with Crippen molar-refractivity contribution >= 4 is 29.7 Å². The smallest absolute Gasteiger partial charge is 0.351 e. The summed E-state index contributed by atoms with van der Waals surface area (Å²) in [7, 11) is 1.00. The van der Waals surface area contributed by atoms with Gasteiger partial charge in [-0.15, -0.1) is 0 Å². The van der Waals surface area contributed by atoms with Crippen molar-refractivity contribution in [2.75, 3.05) is 13.7 Å². The van der Waals surface area contributed by atoms with Crippen LogP contribution in [-0.4, -0.2) is 55.6 Å². The van der Waals surface area contributed by atoms with Gasteiger partial charge in [-0.25, -0.2) is 4.79 Å². The normalized spacial score (nSPS) is 12.6. The Balaban J connectivity index is 5.24. The summed E-state index contributed by atoms with van der Waals surface area (Å²) in [5.41, 5.74) is 0. The SMILES string of the molecule is COC(=O)[C@H](OC(C)=O)[C@@H](OC(C)=O)C(=O)COC(C)=O. The maximum absolute atomic E-state index is 11.9. The van der Waals surface area contributed by atoms with Crippen LogP contribution in [0.5, 0.6) is 0 Å². The van der Waals surface area contributed by atoms with Crippen molar-refractivity contribution in [3.63, 3.8) is 0 Å². The number of Topliss-reactive ketones (excluding diaryl/α,β-unsaturated/α-hetero) is 1. The number of hydrogen-bond donors (Lipinski definition) is 0. The Morgan fingerprint density at radius 3 is 1.67 bits per heavy atom. The third-order valence-electron chi connectivity index (χ3n) is 2.03. The number of carbonyl (C=O) groups excluding carboxylic acids is 5. The molecule has 0 N–H and O–H groups in total. The average molecular weight is 304 g/mol. The lowest BCUT2D eigenvalue weighted by Gasteiger charge is -2.23. The highest BCUT2D eigenvalue weighted by molar-refractivity contribution is 5.94. The van der Waals surface area contributed by atoms with Gasteiger partial charge in [0.25, 0.3) is 0 Å². The summed E-state index contributed by atoms with van der Waals surface area (Å²) in [5.74, 6) is -4.54. The van der Waals surface area contributed by atoms with Crippen LogP contribution in [0.1, 0.15) is 20.8 Å². The van der Waals surface area contributed by atoms with E-state index in [1.807, 2.05) is 0 Å². The van der Waals surface area contributed by atoms with Gasteiger partial charge < -0.3 is 18.9 Å². The number of carbonyl (C=O) groups is 5. The molecule has 0 aromatic heterocycles. The van der Waals surface area contributed by atoms with Crippen molar-refractivity contribution in [3.8, 4) is 0 Å². The number of ketones is 1. The molecule has 0 bridgehead atoms. The highest BCUT2D eigenvalue weighted by atomic mass is 16.6. The molecular formula is C12H16O9. The fourth-order valence-electron chi connectivity index (χ4n) is 1.26. The Kier molecular flexibility index (Phi) is 7.66. The first-order valence-corrected chi connectivity index (χ1v) is 5.77. The molecule has 0 radical (unpaired) electrons. The zero-order valence-corrected chi connectivity index (χ0v) is 12.0. The molecule has 9 heteroatoms. The second-order valence-corrected chi connectivity index (χ2v) is 3.83. The second-order valence-electron chi connectivity index (χ2n) is 3.83. The maximum Gasteiger partial charge on any atom is 0.351 e. The van der Waals surface area contributed by atoms with E-state index >= 15 is 0 Å². The molecule has 21 heavy (non-hydrogen) atoms. The average Bonchev–Trinajstić information content (AvgIpc) is 2.38. The van der Waals surface area contributed by atoms with Crippen LogP contribution in [-0.2, 0) is 42.9 Å². The predicted octanol–water partition coefficient (Wildman–Crippen LogP) is -0.845. The van der Waals surface area contributed by atoms with E-state index in [9.17, 15) is 24.0 Å². The molecule has 0 aliphatic rings. The monoisotopic (exact) mass is 304 g/mol. The van der Waals surface area contributed by atoms with Gasteiger partial charge in [0, 0.05) is 20.8 Å². The van der Waals surface area contributed by atoms with Crippen molar-refractivity contribution in [3.05, 3.63) is 0 Å². The van der Waals surface area contributed by atoms with E-state index in [-0.39, 0.29) is 0 Å². The molecule has 0 aromatic rings. The van der Waals surface area contributed by atoms with Crippen molar-refractivity contribution in [1.29, 1.82) is 0 Å². The molecule has 0 aromatic carbocycles. The first kappa shape index (κ1) is 18.6. The van der Waals surface area contributed by atoms with E-state index in [1.54, 1.807) is 0 Å². The minimum Gasteiger partial charge on any atom is -0.466 e. The number of hydrogen-bond acceptors (Lipinski definition) is 9. The number of ether oxygens (including phenoxy) is 4. The molecule has 0 saturated carbocycles. The molecular weight excluding hydrogens is 288 g/mol. The zero-order chi connectivity index (χ0) is 16.6. The van der Waals surface area contributed by atoms with Gasteiger partial charge in [-0.2, -0.15) is 0 Å². The molecule has 0 fully saturated rings. The molecule has 0 spiro atoms. The topological polar surface area (TPSA) is 122 Å². The van der Waals surface area contributed by atoms with Gasteiger partial charge in [0.15, 0.2) is 6.61 Å². The van der Waals surface area contributed by atoms with Crippen LogP contribution in [0.4, 0.5) is 0 Å². The Hall–Kier alpha value is -2.45. The van der Waals surface area contributed by atoms with E-state index in [0.29, 0.717) is 0 Å². The summed E-state index contributed by atoms with van der Waals surface area (Å²) in [4.78, 5) is 56.1. The fraction of sp³-hybridized carbons (Fsp3) is 0.583. The maximum atomic E-state index is 11.9. The van der Waals surface area contributed by atoms with Crippen molar-refractivity contribution in [2.45, 2.75) is 33.0 Å². The lowest BCUT2D eigenvalue weighted by Crippen LogP contribution is -2.47. The third-order valence-corrected chi connectivity index (χ3v) is 2.03.